The molecule has 0 radical (unpaired) electrons. The highest BCUT2D eigenvalue weighted by Gasteiger charge is 2.08. The Hall–Kier alpha value is -0.830. The van der Waals surface area contributed by atoms with Gasteiger partial charge in [0.2, 0.25) is 6.33 Å². The Balaban J connectivity index is 2.53. The lowest BCUT2D eigenvalue weighted by Crippen LogP contribution is -2.31. The number of rotatable bonds is 5. The molecule has 3 heteroatoms. The van der Waals surface area contributed by atoms with E-state index in [9.17, 15) is 0 Å². The van der Waals surface area contributed by atoms with E-state index in [-0.39, 0.29) is 6.17 Å². The molecular weight excluding hydrogens is 162 g/mol. The summed E-state index contributed by atoms with van der Waals surface area (Å²) in [6.45, 7) is 5.40. The number of aromatic nitrogens is 2. The summed E-state index contributed by atoms with van der Waals surface area (Å²) in [5, 5.41) is 0. The largest absolute Gasteiger partial charge is 0.293 e. The van der Waals surface area contributed by atoms with Crippen molar-refractivity contribution >= 4 is 0 Å². The van der Waals surface area contributed by atoms with Crippen molar-refractivity contribution < 1.29 is 4.57 Å². The highest BCUT2D eigenvalue weighted by Crippen LogP contribution is 2.00. The molecule has 1 aromatic rings. The van der Waals surface area contributed by atoms with Crippen LogP contribution in [-0.4, -0.2) is 4.57 Å². The summed E-state index contributed by atoms with van der Waals surface area (Å²) in [7, 11) is 0. The van der Waals surface area contributed by atoms with Crippen LogP contribution in [0, 0.1) is 0 Å². The van der Waals surface area contributed by atoms with Crippen LogP contribution in [0.15, 0.2) is 18.7 Å². The van der Waals surface area contributed by atoms with Crippen LogP contribution in [0.1, 0.15) is 39.3 Å². The average Bonchev–Trinajstić information content (AvgIpc) is 2.62. The van der Waals surface area contributed by atoms with Gasteiger partial charge in [-0.25, -0.2) is 9.13 Å². The van der Waals surface area contributed by atoms with E-state index in [1.165, 1.54) is 12.8 Å². The predicted molar refractivity (Wildman–Crippen MR) is 53.1 cm³/mol. The Morgan fingerprint density at radius 3 is 2.85 bits per heavy atom. The Labute approximate surface area is 80.2 Å². The van der Waals surface area contributed by atoms with Crippen molar-refractivity contribution in [2.24, 2.45) is 5.73 Å². The first kappa shape index (κ1) is 10.3. The highest BCUT2D eigenvalue weighted by molar-refractivity contribution is 4.70. The molecule has 3 nitrogen and oxygen atoms in total. The molecule has 0 spiro atoms. The van der Waals surface area contributed by atoms with Gasteiger partial charge in [-0.1, -0.05) is 20.3 Å². The first-order valence-corrected chi connectivity index (χ1v) is 5.10. The minimum Gasteiger partial charge on any atom is -0.293 e. The summed E-state index contributed by atoms with van der Waals surface area (Å²) in [5.41, 5.74) is 5.89. The first-order chi connectivity index (χ1) is 6.27. The lowest BCUT2D eigenvalue weighted by atomic mass is 10.3. The maximum atomic E-state index is 5.89. The maximum absolute atomic E-state index is 5.89. The monoisotopic (exact) mass is 182 g/mol. The fourth-order valence-electron chi connectivity index (χ4n) is 1.29. The first-order valence-electron chi connectivity index (χ1n) is 5.10. The fraction of sp³-hybridized carbons (Fsp3) is 0.700. The summed E-state index contributed by atoms with van der Waals surface area (Å²) in [4.78, 5) is 0. The van der Waals surface area contributed by atoms with Crippen LogP contribution in [-0.2, 0) is 6.54 Å². The second kappa shape index (κ2) is 5.02. The Morgan fingerprint density at radius 1 is 1.46 bits per heavy atom. The van der Waals surface area contributed by atoms with Crippen LogP contribution in [0.4, 0.5) is 0 Å². The molecule has 2 N–H and O–H groups in total. The zero-order valence-corrected chi connectivity index (χ0v) is 8.61. The third-order valence-electron chi connectivity index (χ3n) is 2.28. The van der Waals surface area contributed by atoms with Crippen molar-refractivity contribution in [3.05, 3.63) is 18.7 Å². The Morgan fingerprint density at radius 2 is 2.23 bits per heavy atom. The molecule has 0 aliphatic carbocycles. The predicted octanol–water partition coefficient (Wildman–Crippen LogP) is 1.44. The van der Waals surface area contributed by atoms with E-state index < -0.39 is 0 Å². The molecule has 1 atom stereocenters. The highest BCUT2D eigenvalue weighted by atomic mass is 15.2. The van der Waals surface area contributed by atoms with Gasteiger partial charge in [-0.2, -0.15) is 0 Å². The van der Waals surface area contributed by atoms with Crippen LogP contribution in [0.2, 0.25) is 0 Å². The molecule has 13 heavy (non-hydrogen) atoms. The van der Waals surface area contributed by atoms with Gasteiger partial charge >= 0.3 is 0 Å². The standard InChI is InChI=1S/C10H20N3/c1-3-5-6-12-7-8-13(9-12)10(11)4-2/h7-10H,3-6,11H2,1-2H3/q+1. The molecule has 0 saturated heterocycles. The Kier molecular flexibility index (Phi) is 3.96. The van der Waals surface area contributed by atoms with Crippen LogP contribution < -0.4 is 10.3 Å². The molecule has 0 aliphatic rings. The summed E-state index contributed by atoms with van der Waals surface area (Å²) < 4.78 is 4.26. The fourth-order valence-corrected chi connectivity index (χ4v) is 1.29. The molecule has 74 valence electrons. The van der Waals surface area contributed by atoms with E-state index in [2.05, 4.69) is 35.5 Å². The quantitative estimate of drug-likeness (QED) is 0.687. The second-order valence-corrected chi connectivity index (χ2v) is 3.43. The van der Waals surface area contributed by atoms with Gasteiger partial charge in [0.05, 0.1) is 6.54 Å². The SMILES string of the molecule is CCCC[n+]1ccn(C(N)CC)c1. The number of aryl methyl sites for hydroxylation is 1. The molecule has 0 aromatic carbocycles. The zero-order chi connectivity index (χ0) is 9.68. The lowest BCUT2D eigenvalue weighted by molar-refractivity contribution is -0.697. The smallest absolute Gasteiger partial charge is 0.245 e. The van der Waals surface area contributed by atoms with Gasteiger partial charge in [0.1, 0.15) is 18.6 Å². The molecular formula is C10H20N3+. The molecule has 1 unspecified atom stereocenters. The van der Waals surface area contributed by atoms with E-state index in [4.69, 9.17) is 5.73 Å². The van der Waals surface area contributed by atoms with Crippen LogP contribution in [0.5, 0.6) is 0 Å². The summed E-state index contributed by atoms with van der Waals surface area (Å²) >= 11 is 0. The molecule has 0 aliphatic heterocycles. The van der Waals surface area contributed by atoms with Crippen molar-refractivity contribution in [1.29, 1.82) is 0 Å². The van der Waals surface area contributed by atoms with E-state index in [0.29, 0.717) is 0 Å². The van der Waals surface area contributed by atoms with E-state index in [0.717, 1.165) is 13.0 Å². The number of hydrogen-bond donors (Lipinski definition) is 1. The van der Waals surface area contributed by atoms with Gasteiger partial charge in [-0.05, 0) is 12.8 Å². The van der Waals surface area contributed by atoms with Crippen LogP contribution >= 0.6 is 0 Å². The number of unbranched alkanes of at least 4 members (excludes halogenated alkanes) is 1. The minimum atomic E-state index is 0.128. The topological polar surface area (TPSA) is 34.8 Å². The molecule has 1 aromatic heterocycles. The lowest BCUT2D eigenvalue weighted by Gasteiger charge is -2.02. The van der Waals surface area contributed by atoms with Crippen LogP contribution in [0.25, 0.3) is 0 Å². The van der Waals surface area contributed by atoms with Gasteiger partial charge in [-0.15, -0.1) is 0 Å². The van der Waals surface area contributed by atoms with Gasteiger partial charge in [0.15, 0.2) is 0 Å². The van der Waals surface area contributed by atoms with Crippen molar-refractivity contribution in [1.82, 2.24) is 4.57 Å². The van der Waals surface area contributed by atoms with Crippen molar-refractivity contribution in [3.63, 3.8) is 0 Å². The maximum Gasteiger partial charge on any atom is 0.245 e. The Bertz CT molecular complexity index is 242. The third-order valence-corrected chi connectivity index (χ3v) is 2.28. The number of hydrogen-bond acceptors (Lipinski definition) is 1. The molecule has 0 amide bonds. The molecule has 0 bridgehead atoms. The zero-order valence-electron chi connectivity index (χ0n) is 8.61. The van der Waals surface area contributed by atoms with Gasteiger partial charge in [0.25, 0.3) is 0 Å². The second-order valence-electron chi connectivity index (χ2n) is 3.43. The molecule has 0 fully saturated rings. The average molecular weight is 182 g/mol. The summed E-state index contributed by atoms with van der Waals surface area (Å²) in [5.74, 6) is 0. The summed E-state index contributed by atoms with van der Waals surface area (Å²) in [6.07, 6.45) is 9.79. The molecule has 1 rings (SSSR count). The number of nitrogens with two attached hydrogens (primary N) is 1. The van der Waals surface area contributed by atoms with Gasteiger partial charge in [-0.3, -0.25) is 5.73 Å². The van der Waals surface area contributed by atoms with E-state index >= 15 is 0 Å². The van der Waals surface area contributed by atoms with Gasteiger partial charge in [0, 0.05) is 0 Å². The van der Waals surface area contributed by atoms with E-state index in [1.807, 2.05) is 6.20 Å². The van der Waals surface area contributed by atoms with Crippen molar-refractivity contribution in [2.45, 2.75) is 45.8 Å². The number of nitrogens with zero attached hydrogens (tertiary/aromatic N) is 2. The minimum absolute atomic E-state index is 0.128. The summed E-state index contributed by atoms with van der Waals surface area (Å²) in [6, 6.07) is 0. The van der Waals surface area contributed by atoms with Crippen molar-refractivity contribution in [2.75, 3.05) is 0 Å². The van der Waals surface area contributed by atoms with Gasteiger partial charge < -0.3 is 0 Å². The molecule has 1 heterocycles. The van der Waals surface area contributed by atoms with Crippen LogP contribution in [0.3, 0.4) is 0 Å². The van der Waals surface area contributed by atoms with E-state index in [1.54, 1.807) is 0 Å². The normalized spacial score (nSPS) is 13.2. The van der Waals surface area contributed by atoms with Crippen molar-refractivity contribution in [3.8, 4) is 0 Å². The number of imidazole rings is 1. The third kappa shape index (κ3) is 2.84. The molecule has 0 saturated carbocycles.